The van der Waals surface area contributed by atoms with E-state index in [-0.39, 0.29) is 18.6 Å². The topological polar surface area (TPSA) is 74.2 Å². The van der Waals surface area contributed by atoms with Crippen molar-refractivity contribution in [3.8, 4) is 5.75 Å². The summed E-state index contributed by atoms with van der Waals surface area (Å²) in [7, 11) is 0. The SMILES string of the molecule is Cc1ccc(C(C)N)c(OCc2nc(C(C)C)no2)c1. The highest BCUT2D eigenvalue weighted by atomic mass is 16.5. The molecule has 5 nitrogen and oxygen atoms in total. The van der Waals surface area contributed by atoms with E-state index in [0.717, 1.165) is 16.9 Å². The van der Waals surface area contributed by atoms with E-state index in [1.165, 1.54) is 0 Å². The summed E-state index contributed by atoms with van der Waals surface area (Å²) in [6, 6.07) is 5.90. The molecule has 0 aliphatic rings. The van der Waals surface area contributed by atoms with Crippen LogP contribution in [0.15, 0.2) is 22.7 Å². The molecule has 0 saturated heterocycles. The number of hydrogen-bond donors (Lipinski definition) is 1. The van der Waals surface area contributed by atoms with E-state index in [1.54, 1.807) is 0 Å². The second-order valence-corrected chi connectivity index (χ2v) is 5.32. The lowest BCUT2D eigenvalue weighted by atomic mass is 10.1. The van der Waals surface area contributed by atoms with Gasteiger partial charge in [-0.15, -0.1) is 0 Å². The van der Waals surface area contributed by atoms with Gasteiger partial charge in [0.15, 0.2) is 12.4 Å². The molecule has 0 bridgehead atoms. The zero-order chi connectivity index (χ0) is 14.7. The number of benzene rings is 1. The van der Waals surface area contributed by atoms with Crippen molar-refractivity contribution in [1.29, 1.82) is 0 Å². The van der Waals surface area contributed by atoms with E-state index < -0.39 is 0 Å². The summed E-state index contributed by atoms with van der Waals surface area (Å²) in [5.41, 5.74) is 8.04. The lowest BCUT2D eigenvalue weighted by Crippen LogP contribution is -2.08. The van der Waals surface area contributed by atoms with Gasteiger partial charge in [0.25, 0.3) is 5.89 Å². The molecular formula is C15H21N3O2. The number of hydrogen-bond acceptors (Lipinski definition) is 5. The van der Waals surface area contributed by atoms with Crippen molar-refractivity contribution < 1.29 is 9.26 Å². The third-order valence-corrected chi connectivity index (χ3v) is 3.01. The molecule has 20 heavy (non-hydrogen) atoms. The molecule has 0 aliphatic carbocycles. The first kappa shape index (κ1) is 14.5. The van der Waals surface area contributed by atoms with E-state index in [2.05, 4.69) is 10.1 Å². The number of aryl methyl sites for hydroxylation is 1. The molecule has 1 aromatic heterocycles. The second-order valence-electron chi connectivity index (χ2n) is 5.32. The van der Waals surface area contributed by atoms with Crippen LogP contribution in [0.5, 0.6) is 5.75 Å². The van der Waals surface area contributed by atoms with Gasteiger partial charge in [-0.05, 0) is 25.5 Å². The molecule has 2 rings (SSSR count). The Hall–Kier alpha value is -1.88. The molecule has 0 fully saturated rings. The van der Waals surface area contributed by atoms with Crippen molar-refractivity contribution in [3.05, 3.63) is 41.0 Å². The highest BCUT2D eigenvalue weighted by Crippen LogP contribution is 2.26. The Morgan fingerprint density at radius 2 is 2.05 bits per heavy atom. The van der Waals surface area contributed by atoms with Gasteiger partial charge in [-0.25, -0.2) is 0 Å². The fourth-order valence-corrected chi connectivity index (χ4v) is 1.84. The van der Waals surface area contributed by atoms with Crippen LogP contribution in [0.3, 0.4) is 0 Å². The van der Waals surface area contributed by atoms with Crippen molar-refractivity contribution in [3.63, 3.8) is 0 Å². The Morgan fingerprint density at radius 3 is 2.65 bits per heavy atom. The minimum Gasteiger partial charge on any atom is -0.483 e. The molecule has 1 aromatic carbocycles. The van der Waals surface area contributed by atoms with Gasteiger partial charge in [0.2, 0.25) is 0 Å². The van der Waals surface area contributed by atoms with E-state index in [9.17, 15) is 0 Å². The first-order valence-electron chi connectivity index (χ1n) is 6.78. The third-order valence-electron chi connectivity index (χ3n) is 3.01. The summed E-state index contributed by atoms with van der Waals surface area (Å²) >= 11 is 0. The fraction of sp³-hybridized carbons (Fsp3) is 0.467. The number of nitrogens with two attached hydrogens (primary N) is 1. The first-order valence-corrected chi connectivity index (χ1v) is 6.78. The van der Waals surface area contributed by atoms with Crippen LogP contribution in [0.1, 0.15) is 55.6 Å². The zero-order valence-corrected chi connectivity index (χ0v) is 12.4. The van der Waals surface area contributed by atoms with Gasteiger partial charge >= 0.3 is 0 Å². The Morgan fingerprint density at radius 1 is 1.30 bits per heavy atom. The summed E-state index contributed by atoms with van der Waals surface area (Å²) < 4.78 is 10.9. The van der Waals surface area contributed by atoms with Crippen molar-refractivity contribution in [2.45, 2.75) is 46.3 Å². The predicted molar refractivity (Wildman–Crippen MR) is 76.5 cm³/mol. The maximum absolute atomic E-state index is 5.95. The smallest absolute Gasteiger partial charge is 0.264 e. The van der Waals surface area contributed by atoms with Crippen molar-refractivity contribution in [2.24, 2.45) is 5.73 Å². The van der Waals surface area contributed by atoms with Crippen LogP contribution in [0.4, 0.5) is 0 Å². The molecular weight excluding hydrogens is 254 g/mol. The van der Waals surface area contributed by atoms with Crippen LogP contribution < -0.4 is 10.5 Å². The molecule has 2 aromatic rings. The van der Waals surface area contributed by atoms with Crippen LogP contribution in [0, 0.1) is 6.92 Å². The molecule has 1 unspecified atom stereocenters. The highest BCUT2D eigenvalue weighted by molar-refractivity contribution is 5.38. The van der Waals surface area contributed by atoms with Crippen LogP contribution in [0.2, 0.25) is 0 Å². The molecule has 0 radical (unpaired) electrons. The van der Waals surface area contributed by atoms with Crippen LogP contribution in [-0.2, 0) is 6.61 Å². The number of nitrogens with zero attached hydrogens (tertiary/aromatic N) is 2. The standard InChI is InChI=1S/C15H21N3O2/c1-9(2)15-17-14(20-18-15)8-19-13-7-10(3)5-6-12(13)11(4)16/h5-7,9,11H,8,16H2,1-4H3. The summed E-state index contributed by atoms with van der Waals surface area (Å²) in [6.45, 7) is 8.24. The highest BCUT2D eigenvalue weighted by Gasteiger charge is 2.12. The number of aromatic nitrogens is 2. The third kappa shape index (κ3) is 3.36. The molecule has 1 atom stereocenters. The van der Waals surface area contributed by atoms with Gasteiger partial charge in [0.1, 0.15) is 5.75 Å². The van der Waals surface area contributed by atoms with Crippen molar-refractivity contribution in [2.75, 3.05) is 0 Å². The Bertz CT molecular complexity index is 576. The van der Waals surface area contributed by atoms with Crippen LogP contribution >= 0.6 is 0 Å². The molecule has 0 saturated carbocycles. The van der Waals surface area contributed by atoms with E-state index >= 15 is 0 Å². The summed E-state index contributed by atoms with van der Waals surface area (Å²) in [5.74, 6) is 2.18. The van der Waals surface area contributed by atoms with Gasteiger partial charge in [0, 0.05) is 17.5 Å². The maximum atomic E-state index is 5.95. The van der Waals surface area contributed by atoms with E-state index in [0.29, 0.717) is 11.7 Å². The zero-order valence-electron chi connectivity index (χ0n) is 12.4. The quantitative estimate of drug-likeness (QED) is 0.907. The molecule has 0 aliphatic heterocycles. The monoisotopic (exact) mass is 275 g/mol. The Labute approximate surface area is 119 Å². The summed E-state index contributed by atoms with van der Waals surface area (Å²) in [5, 5.41) is 3.91. The summed E-state index contributed by atoms with van der Waals surface area (Å²) in [6.07, 6.45) is 0. The maximum Gasteiger partial charge on any atom is 0.264 e. The lowest BCUT2D eigenvalue weighted by Gasteiger charge is -2.13. The average molecular weight is 275 g/mol. The van der Waals surface area contributed by atoms with Gasteiger partial charge in [0.05, 0.1) is 0 Å². The Balaban J connectivity index is 2.11. The van der Waals surface area contributed by atoms with E-state index in [4.69, 9.17) is 15.0 Å². The van der Waals surface area contributed by atoms with Crippen molar-refractivity contribution >= 4 is 0 Å². The number of ether oxygens (including phenoxy) is 1. The van der Waals surface area contributed by atoms with Crippen LogP contribution in [0.25, 0.3) is 0 Å². The number of rotatable bonds is 5. The van der Waals surface area contributed by atoms with Gasteiger partial charge < -0.3 is 15.0 Å². The van der Waals surface area contributed by atoms with Gasteiger partial charge in [-0.1, -0.05) is 31.1 Å². The fourth-order valence-electron chi connectivity index (χ4n) is 1.84. The first-order chi connectivity index (χ1) is 9.47. The summed E-state index contributed by atoms with van der Waals surface area (Å²) in [4.78, 5) is 4.29. The minimum atomic E-state index is -0.0838. The molecule has 1 heterocycles. The van der Waals surface area contributed by atoms with Crippen molar-refractivity contribution in [1.82, 2.24) is 10.1 Å². The van der Waals surface area contributed by atoms with Gasteiger partial charge in [-0.2, -0.15) is 4.98 Å². The normalized spacial score (nSPS) is 12.7. The molecule has 108 valence electrons. The van der Waals surface area contributed by atoms with E-state index in [1.807, 2.05) is 45.9 Å². The average Bonchev–Trinajstić information content (AvgIpc) is 2.85. The molecule has 0 amide bonds. The minimum absolute atomic E-state index is 0.0838. The van der Waals surface area contributed by atoms with Crippen LogP contribution in [-0.4, -0.2) is 10.1 Å². The molecule has 0 spiro atoms. The van der Waals surface area contributed by atoms with Gasteiger partial charge in [-0.3, -0.25) is 0 Å². The molecule has 2 N–H and O–H groups in total. The Kier molecular flexibility index (Phi) is 4.39. The predicted octanol–water partition coefficient (Wildman–Crippen LogP) is 3.10. The largest absolute Gasteiger partial charge is 0.483 e. The molecule has 5 heteroatoms. The second kappa shape index (κ2) is 6.05. The lowest BCUT2D eigenvalue weighted by molar-refractivity contribution is 0.239.